The molecule has 1 heterocycles. The molecule has 0 spiro atoms. The van der Waals surface area contributed by atoms with Gasteiger partial charge in [-0.25, -0.2) is 4.68 Å². The summed E-state index contributed by atoms with van der Waals surface area (Å²) in [7, 11) is 0. The fourth-order valence-electron chi connectivity index (χ4n) is 1.48. The van der Waals surface area contributed by atoms with E-state index in [0.29, 0.717) is 11.4 Å². The smallest absolute Gasteiger partial charge is 0.256 e. The van der Waals surface area contributed by atoms with Crippen LogP contribution in [-0.4, -0.2) is 15.7 Å². The number of aromatic nitrogens is 2. The Morgan fingerprint density at radius 3 is 2.71 bits per heavy atom. The molecular formula is C12H12BrN3O. The summed E-state index contributed by atoms with van der Waals surface area (Å²) in [6.07, 6.45) is 1.67. The van der Waals surface area contributed by atoms with Gasteiger partial charge in [0, 0.05) is 22.6 Å². The highest BCUT2D eigenvalue weighted by molar-refractivity contribution is 9.10. The molecule has 5 heteroatoms. The summed E-state index contributed by atoms with van der Waals surface area (Å²) in [4.78, 5) is 11.9. The van der Waals surface area contributed by atoms with Gasteiger partial charge in [-0.1, -0.05) is 15.9 Å². The molecule has 0 saturated heterocycles. The fourth-order valence-corrected chi connectivity index (χ4v) is 1.74. The van der Waals surface area contributed by atoms with Gasteiger partial charge in [0.05, 0.1) is 6.20 Å². The number of aryl methyl sites for hydroxylation is 1. The molecule has 0 aliphatic carbocycles. The van der Waals surface area contributed by atoms with Crippen molar-refractivity contribution in [1.29, 1.82) is 0 Å². The SMILES string of the molecule is CCn1nccc1NC(=O)c1ccc(Br)cc1. The van der Waals surface area contributed by atoms with Crippen LogP contribution in [0.1, 0.15) is 17.3 Å². The average Bonchev–Trinajstić information content (AvgIpc) is 2.77. The van der Waals surface area contributed by atoms with E-state index in [0.717, 1.165) is 11.0 Å². The average molecular weight is 294 g/mol. The zero-order valence-electron chi connectivity index (χ0n) is 9.35. The second-order valence-electron chi connectivity index (χ2n) is 3.49. The van der Waals surface area contributed by atoms with Crippen LogP contribution in [-0.2, 0) is 6.54 Å². The van der Waals surface area contributed by atoms with Crippen LogP contribution in [0.3, 0.4) is 0 Å². The predicted octanol–water partition coefficient (Wildman–Crippen LogP) is 2.92. The van der Waals surface area contributed by atoms with Crippen molar-refractivity contribution in [2.75, 3.05) is 5.32 Å². The number of nitrogens with one attached hydrogen (secondary N) is 1. The summed E-state index contributed by atoms with van der Waals surface area (Å²) in [5, 5.41) is 6.91. The largest absolute Gasteiger partial charge is 0.307 e. The van der Waals surface area contributed by atoms with Crippen molar-refractivity contribution in [1.82, 2.24) is 9.78 Å². The second-order valence-corrected chi connectivity index (χ2v) is 4.41. The van der Waals surface area contributed by atoms with E-state index in [2.05, 4.69) is 26.3 Å². The van der Waals surface area contributed by atoms with E-state index in [-0.39, 0.29) is 5.91 Å². The van der Waals surface area contributed by atoms with Crippen LogP contribution >= 0.6 is 15.9 Å². The first-order valence-corrected chi connectivity index (χ1v) is 6.08. The van der Waals surface area contributed by atoms with Gasteiger partial charge in [-0.2, -0.15) is 5.10 Å². The lowest BCUT2D eigenvalue weighted by Gasteiger charge is -2.06. The van der Waals surface area contributed by atoms with Crippen molar-refractivity contribution in [3.63, 3.8) is 0 Å². The first-order valence-electron chi connectivity index (χ1n) is 5.29. The minimum atomic E-state index is -0.132. The lowest BCUT2D eigenvalue weighted by Crippen LogP contribution is -2.15. The van der Waals surface area contributed by atoms with Gasteiger partial charge >= 0.3 is 0 Å². The Balaban J connectivity index is 2.14. The van der Waals surface area contributed by atoms with Crippen LogP contribution in [0.25, 0.3) is 0 Å². The van der Waals surface area contributed by atoms with Gasteiger partial charge in [-0.3, -0.25) is 4.79 Å². The standard InChI is InChI=1S/C12H12BrN3O/c1-2-16-11(7-8-14-16)15-12(17)9-3-5-10(13)6-4-9/h3-8H,2H2,1H3,(H,15,17). The summed E-state index contributed by atoms with van der Waals surface area (Å²) in [6, 6.07) is 9.00. The van der Waals surface area contributed by atoms with Gasteiger partial charge in [-0.15, -0.1) is 0 Å². The fraction of sp³-hybridized carbons (Fsp3) is 0.167. The molecule has 0 aliphatic rings. The quantitative estimate of drug-likeness (QED) is 0.946. The Morgan fingerprint density at radius 2 is 2.06 bits per heavy atom. The summed E-state index contributed by atoms with van der Waals surface area (Å²) >= 11 is 3.33. The molecule has 1 N–H and O–H groups in total. The molecule has 17 heavy (non-hydrogen) atoms. The number of nitrogens with zero attached hydrogens (tertiary/aromatic N) is 2. The van der Waals surface area contributed by atoms with Gasteiger partial charge in [0.15, 0.2) is 0 Å². The number of hydrogen-bond donors (Lipinski definition) is 1. The van der Waals surface area contributed by atoms with E-state index in [9.17, 15) is 4.79 Å². The molecular weight excluding hydrogens is 282 g/mol. The van der Waals surface area contributed by atoms with Crippen molar-refractivity contribution in [2.45, 2.75) is 13.5 Å². The van der Waals surface area contributed by atoms with Crippen molar-refractivity contribution in [3.8, 4) is 0 Å². The molecule has 88 valence electrons. The predicted molar refractivity (Wildman–Crippen MR) is 70.0 cm³/mol. The van der Waals surface area contributed by atoms with Crippen molar-refractivity contribution < 1.29 is 4.79 Å². The Morgan fingerprint density at radius 1 is 1.35 bits per heavy atom. The topological polar surface area (TPSA) is 46.9 Å². The molecule has 0 saturated carbocycles. The number of carbonyl (C=O) groups is 1. The lowest BCUT2D eigenvalue weighted by molar-refractivity contribution is 0.102. The zero-order valence-corrected chi connectivity index (χ0v) is 10.9. The van der Waals surface area contributed by atoms with Gasteiger partial charge in [0.2, 0.25) is 0 Å². The van der Waals surface area contributed by atoms with E-state index < -0.39 is 0 Å². The van der Waals surface area contributed by atoms with Crippen LogP contribution < -0.4 is 5.32 Å². The number of carbonyl (C=O) groups excluding carboxylic acids is 1. The van der Waals surface area contributed by atoms with Crippen molar-refractivity contribution >= 4 is 27.7 Å². The Hall–Kier alpha value is -1.62. The monoisotopic (exact) mass is 293 g/mol. The van der Waals surface area contributed by atoms with E-state index in [1.54, 1.807) is 29.1 Å². The molecule has 4 nitrogen and oxygen atoms in total. The summed E-state index contributed by atoms with van der Waals surface area (Å²) in [5.74, 6) is 0.577. The van der Waals surface area contributed by atoms with Gasteiger partial charge in [-0.05, 0) is 31.2 Å². The summed E-state index contributed by atoms with van der Waals surface area (Å²) < 4.78 is 2.68. The maximum Gasteiger partial charge on any atom is 0.256 e. The lowest BCUT2D eigenvalue weighted by atomic mass is 10.2. The van der Waals surface area contributed by atoms with Gasteiger partial charge in [0.1, 0.15) is 5.82 Å². The van der Waals surface area contributed by atoms with Crippen LogP contribution in [0.4, 0.5) is 5.82 Å². The second kappa shape index (κ2) is 5.14. The van der Waals surface area contributed by atoms with Gasteiger partial charge < -0.3 is 5.32 Å². The molecule has 0 aliphatic heterocycles. The third-order valence-electron chi connectivity index (χ3n) is 2.36. The van der Waals surface area contributed by atoms with Crippen LogP contribution in [0, 0.1) is 0 Å². The minimum absolute atomic E-state index is 0.132. The molecule has 0 fully saturated rings. The number of amides is 1. The molecule has 1 amide bonds. The van der Waals surface area contributed by atoms with Crippen LogP contribution in [0.15, 0.2) is 41.0 Å². The molecule has 0 radical (unpaired) electrons. The Kier molecular flexibility index (Phi) is 3.58. The number of hydrogen-bond acceptors (Lipinski definition) is 2. The van der Waals surface area contributed by atoms with Crippen molar-refractivity contribution in [2.24, 2.45) is 0 Å². The van der Waals surface area contributed by atoms with Crippen LogP contribution in [0.2, 0.25) is 0 Å². The molecule has 1 aromatic heterocycles. The van der Waals surface area contributed by atoms with E-state index >= 15 is 0 Å². The zero-order chi connectivity index (χ0) is 12.3. The number of rotatable bonds is 3. The minimum Gasteiger partial charge on any atom is -0.307 e. The third-order valence-corrected chi connectivity index (χ3v) is 2.89. The van der Waals surface area contributed by atoms with Crippen molar-refractivity contribution in [3.05, 3.63) is 46.6 Å². The number of benzene rings is 1. The molecule has 2 rings (SSSR count). The first kappa shape index (κ1) is 11.9. The molecule has 0 atom stereocenters. The molecule has 0 unspecified atom stereocenters. The highest BCUT2D eigenvalue weighted by atomic mass is 79.9. The first-order chi connectivity index (χ1) is 8.20. The Bertz CT molecular complexity index is 519. The van der Waals surface area contributed by atoms with E-state index in [1.807, 2.05) is 19.1 Å². The molecule has 2 aromatic rings. The Labute approximate surface area is 108 Å². The van der Waals surface area contributed by atoms with E-state index in [4.69, 9.17) is 0 Å². The number of anilines is 1. The third kappa shape index (κ3) is 2.74. The maximum absolute atomic E-state index is 11.9. The highest BCUT2D eigenvalue weighted by Crippen LogP contribution is 2.13. The highest BCUT2D eigenvalue weighted by Gasteiger charge is 2.08. The normalized spacial score (nSPS) is 10.2. The van der Waals surface area contributed by atoms with Crippen LogP contribution in [0.5, 0.6) is 0 Å². The number of halogens is 1. The summed E-state index contributed by atoms with van der Waals surface area (Å²) in [5.41, 5.74) is 0.622. The van der Waals surface area contributed by atoms with E-state index in [1.165, 1.54) is 0 Å². The van der Waals surface area contributed by atoms with Gasteiger partial charge in [0.25, 0.3) is 5.91 Å². The molecule has 0 bridgehead atoms. The molecule has 1 aromatic carbocycles. The maximum atomic E-state index is 11.9. The summed E-state index contributed by atoms with van der Waals surface area (Å²) in [6.45, 7) is 2.70.